The summed E-state index contributed by atoms with van der Waals surface area (Å²) in [5.41, 5.74) is 0.937. The van der Waals surface area contributed by atoms with Crippen LogP contribution in [0, 0.1) is 5.92 Å². The Labute approximate surface area is 85.8 Å². The minimum absolute atomic E-state index is 0.356. The molecule has 1 N–H and O–H groups in total. The van der Waals surface area contributed by atoms with Gasteiger partial charge in [0.05, 0.1) is 12.3 Å². The van der Waals surface area contributed by atoms with Crippen molar-refractivity contribution in [3.8, 4) is 0 Å². The van der Waals surface area contributed by atoms with Gasteiger partial charge in [-0.25, -0.2) is 0 Å². The van der Waals surface area contributed by atoms with Gasteiger partial charge in [-0.1, -0.05) is 20.3 Å². The van der Waals surface area contributed by atoms with E-state index in [0.29, 0.717) is 5.92 Å². The Kier molecular flexibility index (Phi) is 4.14. The lowest BCUT2D eigenvalue weighted by Gasteiger charge is -2.12. The van der Waals surface area contributed by atoms with Crippen LogP contribution in [0.3, 0.4) is 0 Å². The molecule has 1 heterocycles. The lowest BCUT2D eigenvalue weighted by Crippen LogP contribution is -2.03. The first-order valence-electron chi connectivity index (χ1n) is 5.37. The number of hydrogen-bond acceptors (Lipinski definition) is 2. The molecule has 0 saturated heterocycles. The maximum absolute atomic E-state index is 9.88. The minimum atomic E-state index is -0.356. The van der Waals surface area contributed by atoms with Crippen LogP contribution in [0.15, 0.2) is 12.4 Å². The van der Waals surface area contributed by atoms with Crippen LogP contribution >= 0.6 is 0 Å². The molecule has 14 heavy (non-hydrogen) atoms. The Bertz CT molecular complexity index is 270. The molecule has 0 aliphatic heterocycles. The monoisotopic (exact) mass is 196 g/mol. The maximum atomic E-state index is 9.88. The predicted octanol–water partition coefficient (Wildman–Crippen LogP) is 2.37. The highest BCUT2D eigenvalue weighted by atomic mass is 16.3. The van der Waals surface area contributed by atoms with E-state index in [1.807, 2.05) is 17.8 Å². The van der Waals surface area contributed by atoms with E-state index < -0.39 is 0 Å². The molecule has 0 aromatic carbocycles. The summed E-state index contributed by atoms with van der Waals surface area (Å²) in [6.07, 6.45) is 5.26. The van der Waals surface area contributed by atoms with Gasteiger partial charge in [-0.05, 0) is 19.3 Å². The molecule has 3 nitrogen and oxygen atoms in total. The molecule has 0 bridgehead atoms. The largest absolute Gasteiger partial charge is 0.388 e. The van der Waals surface area contributed by atoms with Gasteiger partial charge in [-0.3, -0.25) is 4.68 Å². The van der Waals surface area contributed by atoms with Crippen molar-refractivity contribution in [2.75, 3.05) is 0 Å². The summed E-state index contributed by atoms with van der Waals surface area (Å²) in [5, 5.41) is 14.0. The Balaban J connectivity index is 2.55. The van der Waals surface area contributed by atoms with Crippen LogP contribution in [0.1, 0.15) is 45.3 Å². The van der Waals surface area contributed by atoms with Crippen molar-refractivity contribution >= 4 is 0 Å². The van der Waals surface area contributed by atoms with Crippen LogP contribution in [0.2, 0.25) is 0 Å². The second kappa shape index (κ2) is 5.15. The number of hydrogen-bond donors (Lipinski definition) is 1. The average Bonchev–Trinajstić information content (AvgIpc) is 2.65. The van der Waals surface area contributed by atoms with Gasteiger partial charge in [-0.2, -0.15) is 5.10 Å². The van der Waals surface area contributed by atoms with E-state index in [4.69, 9.17) is 0 Å². The number of rotatable bonds is 5. The van der Waals surface area contributed by atoms with Gasteiger partial charge in [0.2, 0.25) is 0 Å². The summed E-state index contributed by atoms with van der Waals surface area (Å²) < 4.78 is 1.84. The van der Waals surface area contributed by atoms with Gasteiger partial charge in [0.15, 0.2) is 0 Å². The molecule has 1 aromatic heterocycles. The second-order valence-electron chi connectivity index (χ2n) is 3.89. The zero-order valence-corrected chi connectivity index (χ0v) is 9.27. The molecule has 1 aromatic rings. The van der Waals surface area contributed by atoms with Gasteiger partial charge in [-0.15, -0.1) is 0 Å². The first-order chi connectivity index (χ1) is 6.67. The molecule has 0 amide bonds. The highest BCUT2D eigenvalue weighted by Crippen LogP contribution is 2.22. The number of aliphatic hydroxyl groups excluding tert-OH is 1. The fourth-order valence-electron chi connectivity index (χ4n) is 1.41. The Morgan fingerprint density at radius 1 is 1.50 bits per heavy atom. The topological polar surface area (TPSA) is 38.1 Å². The molecule has 3 heteroatoms. The standard InChI is InChI=1S/C11H20N2O/c1-4-9(3)6-11(14)10-7-12-13(5-2)8-10/h7-9,11,14H,4-6H2,1-3H3. The zero-order valence-electron chi connectivity index (χ0n) is 9.27. The Morgan fingerprint density at radius 2 is 2.21 bits per heavy atom. The summed E-state index contributed by atoms with van der Waals surface area (Å²) in [7, 11) is 0. The van der Waals surface area contributed by atoms with Crippen LogP contribution in [-0.2, 0) is 6.54 Å². The normalized spacial score (nSPS) is 15.4. The SMILES string of the molecule is CCC(C)CC(O)c1cnn(CC)c1. The smallest absolute Gasteiger partial charge is 0.0823 e. The molecule has 0 aliphatic rings. The van der Waals surface area contributed by atoms with Crippen molar-refractivity contribution in [1.82, 2.24) is 9.78 Å². The van der Waals surface area contributed by atoms with Crippen LogP contribution < -0.4 is 0 Å². The Hall–Kier alpha value is -0.830. The summed E-state index contributed by atoms with van der Waals surface area (Å²) in [6, 6.07) is 0. The molecule has 2 unspecified atom stereocenters. The molecule has 2 atom stereocenters. The van der Waals surface area contributed by atoms with Crippen molar-refractivity contribution in [1.29, 1.82) is 0 Å². The number of aromatic nitrogens is 2. The quantitative estimate of drug-likeness (QED) is 0.785. The number of aliphatic hydroxyl groups is 1. The molecule has 0 fully saturated rings. The fraction of sp³-hybridized carbons (Fsp3) is 0.727. The van der Waals surface area contributed by atoms with E-state index in [1.54, 1.807) is 6.20 Å². The van der Waals surface area contributed by atoms with Crippen molar-refractivity contribution in [2.24, 2.45) is 5.92 Å². The molecular weight excluding hydrogens is 176 g/mol. The van der Waals surface area contributed by atoms with Gasteiger partial charge < -0.3 is 5.11 Å². The lowest BCUT2D eigenvalue weighted by atomic mass is 9.98. The highest BCUT2D eigenvalue weighted by molar-refractivity contribution is 5.07. The van der Waals surface area contributed by atoms with E-state index in [9.17, 15) is 5.11 Å². The minimum Gasteiger partial charge on any atom is -0.388 e. The van der Waals surface area contributed by atoms with E-state index in [1.165, 1.54) is 0 Å². The van der Waals surface area contributed by atoms with Crippen LogP contribution in [0.4, 0.5) is 0 Å². The molecule has 0 aliphatic carbocycles. The van der Waals surface area contributed by atoms with Gasteiger partial charge in [0.25, 0.3) is 0 Å². The van der Waals surface area contributed by atoms with Crippen molar-refractivity contribution in [3.63, 3.8) is 0 Å². The fourth-order valence-corrected chi connectivity index (χ4v) is 1.41. The third kappa shape index (κ3) is 2.84. The molecule has 0 radical (unpaired) electrons. The summed E-state index contributed by atoms with van der Waals surface area (Å²) in [6.45, 7) is 7.20. The van der Waals surface area contributed by atoms with Crippen molar-refractivity contribution in [3.05, 3.63) is 18.0 Å². The molecule has 1 rings (SSSR count). The third-order valence-electron chi connectivity index (χ3n) is 2.68. The van der Waals surface area contributed by atoms with E-state index >= 15 is 0 Å². The second-order valence-corrected chi connectivity index (χ2v) is 3.89. The highest BCUT2D eigenvalue weighted by Gasteiger charge is 2.12. The average molecular weight is 196 g/mol. The first kappa shape index (κ1) is 11.2. The van der Waals surface area contributed by atoms with E-state index in [0.717, 1.165) is 24.9 Å². The number of nitrogens with zero attached hydrogens (tertiary/aromatic N) is 2. The van der Waals surface area contributed by atoms with Gasteiger partial charge >= 0.3 is 0 Å². The first-order valence-corrected chi connectivity index (χ1v) is 5.37. The predicted molar refractivity (Wildman–Crippen MR) is 56.9 cm³/mol. The van der Waals surface area contributed by atoms with Crippen molar-refractivity contribution < 1.29 is 5.11 Å². The summed E-state index contributed by atoms with van der Waals surface area (Å²) >= 11 is 0. The summed E-state index contributed by atoms with van der Waals surface area (Å²) in [5.74, 6) is 0.565. The maximum Gasteiger partial charge on any atom is 0.0823 e. The Morgan fingerprint density at radius 3 is 2.71 bits per heavy atom. The van der Waals surface area contributed by atoms with Crippen LogP contribution in [0.25, 0.3) is 0 Å². The molecule has 0 saturated carbocycles. The lowest BCUT2D eigenvalue weighted by molar-refractivity contribution is 0.146. The molecule has 80 valence electrons. The summed E-state index contributed by atoms with van der Waals surface area (Å²) in [4.78, 5) is 0. The molecular formula is C11H20N2O. The third-order valence-corrected chi connectivity index (χ3v) is 2.68. The zero-order chi connectivity index (χ0) is 10.6. The van der Waals surface area contributed by atoms with Gasteiger partial charge in [0, 0.05) is 18.3 Å². The molecule has 0 spiro atoms. The number of aryl methyl sites for hydroxylation is 1. The van der Waals surface area contributed by atoms with Crippen LogP contribution in [0.5, 0.6) is 0 Å². The van der Waals surface area contributed by atoms with Gasteiger partial charge in [0.1, 0.15) is 0 Å². The van der Waals surface area contributed by atoms with Crippen molar-refractivity contribution in [2.45, 2.75) is 46.3 Å². The van der Waals surface area contributed by atoms with E-state index in [-0.39, 0.29) is 6.10 Å². The van der Waals surface area contributed by atoms with Crippen LogP contribution in [-0.4, -0.2) is 14.9 Å². The van der Waals surface area contributed by atoms with E-state index in [2.05, 4.69) is 18.9 Å².